The zero-order valence-electron chi connectivity index (χ0n) is 16.3. The molecular formula is C23H17F6NO. The number of likely N-dealkylation sites (N-methyl/N-ethyl adjacent to an activating group) is 1. The number of carbonyl (C=O) groups is 1. The molecule has 0 aliphatic rings. The molecule has 0 bridgehead atoms. The molecule has 3 aromatic carbocycles. The van der Waals surface area contributed by atoms with E-state index < -0.39 is 35.8 Å². The number of anilines is 1. The van der Waals surface area contributed by atoms with Gasteiger partial charge in [-0.2, -0.15) is 26.3 Å². The van der Waals surface area contributed by atoms with Crippen molar-refractivity contribution in [3.8, 4) is 11.1 Å². The highest BCUT2D eigenvalue weighted by Crippen LogP contribution is 2.37. The van der Waals surface area contributed by atoms with Gasteiger partial charge in [-0.1, -0.05) is 48.5 Å². The molecule has 162 valence electrons. The second kappa shape index (κ2) is 8.45. The quantitative estimate of drug-likeness (QED) is 0.422. The molecule has 0 radical (unpaired) electrons. The zero-order chi connectivity index (χ0) is 22.8. The summed E-state index contributed by atoms with van der Waals surface area (Å²) in [6, 6.07) is 17.2. The first-order valence-corrected chi connectivity index (χ1v) is 9.16. The lowest BCUT2D eigenvalue weighted by Crippen LogP contribution is -2.28. The molecular weight excluding hydrogens is 420 g/mol. The van der Waals surface area contributed by atoms with Crippen molar-refractivity contribution in [1.82, 2.24) is 0 Å². The Balaban J connectivity index is 1.94. The van der Waals surface area contributed by atoms with Crippen molar-refractivity contribution in [2.45, 2.75) is 18.8 Å². The smallest absolute Gasteiger partial charge is 0.315 e. The second-order valence-electron chi connectivity index (χ2n) is 6.93. The number of nitrogens with zero attached hydrogens (tertiary/aromatic N) is 1. The number of carbonyl (C=O) groups excluding carboxylic acids is 1. The van der Waals surface area contributed by atoms with Crippen LogP contribution in [0.1, 0.15) is 16.7 Å². The van der Waals surface area contributed by atoms with Crippen molar-refractivity contribution >= 4 is 11.6 Å². The van der Waals surface area contributed by atoms with Crippen LogP contribution in [0.4, 0.5) is 32.0 Å². The molecule has 0 saturated carbocycles. The van der Waals surface area contributed by atoms with E-state index in [1.165, 1.54) is 11.9 Å². The number of rotatable bonds is 4. The molecule has 3 aromatic rings. The average molecular weight is 437 g/mol. The van der Waals surface area contributed by atoms with Gasteiger partial charge in [-0.15, -0.1) is 0 Å². The van der Waals surface area contributed by atoms with E-state index in [0.29, 0.717) is 23.4 Å². The zero-order valence-corrected chi connectivity index (χ0v) is 16.3. The average Bonchev–Trinajstić information content (AvgIpc) is 2.72. The highest BCUT2D eigenvalue weighted by molar-refractivity contribution is 5.98. The Labute approximate surface area is 174 Å². The normalized spacial score (nSPS) is 12.0. The molecule has 0 aliphatic heterocycles. The third-order valence-corrected chi connectivity index (χ3v) is 4.73. The minimum atomic E-state index is -4.97. The third-order valence-electron chi connectivity index (χ3n) is 4.73. The Kier molecular flexibility index (Phi) is 6.10. The Bertz CT molecular complexity index is 1040. The molecule has 0 atom stereocenters. The summed E-state index contributed by atoms with van der Waals surface area (Å²) >= 11 is 0. The maximum Gasteiger partial charge on any atom is 0.416 e. The minimum absolute atomic E-state index is 0.0440. The SMILES string of the molecule is CN(C(=O)Cc1cc(C(F)(F)F)cc(C(F)(F)F)c1)c1ccccc1-c1ccccc1. The molecule has 0 spiro atoms. The Morgan fingerprint density at radius 1 is 0.774 bits per heavy atom. The Morgan fingerprint density at radius 3 is 1.84 bits per heavy atom. The van der Waals surface area contributed by atoms with E-state index >= 15 is 0 Å². The van der Waals surface area contributed by atoms with E-state index in [1.54, 1.807) is 24.3 Å². The fourth-order valence-electron chi connectivity index (χ4n) is 3.18. The molecule has 0 heterocycles. The number of benzene rings is 3. The summed E-state index contributed by atoms with van der Waals surface area (Å²) in [5.74, 6) is -0.643. The first-order valence-electron chi connectivity index (χ1n) is 9.16. The van der Waals surface area contributed by atoms with Gasteiger partial charge in [0.15, 0.2) is 0 Å². The lowest BCUT2D eigenvalue weighted by molar-refractivity contribution is -0.143. The van der Waals surface area contributed by atoms with Crippen LogP contribution in [0.15, 0.2) is 72.8 Å². The van der Waals surface area contributed by atoms with Crippen LogP contribution in [0.5, 0.6) is 0 Å². The van der Waals surface area contributed by atoms with Gasteiger partial charge in [-0.05, 0) is 35.4 Å². The summed E-state index contributed by atoms with van der Waals surface area (Å²) < 4.78 is 78.4. The number of alkyl halides is 6. The summed E-state index contributed by atoms with van der Waals surface area (Å²) in [7, 11) is 1.43. The number of para-hydroxylation sites is 1. The monoisotopic (exact) mass is 437 g/mol. The van der Waals surface area contributed by atoms with Crippen molar-refractivity contribution in [2.24, 2.45) is 0 Å². The third kappa shape index (κ3) is 5.25. The van der Waals surface area contributed by atoms with Crippen LogP contribution >= 0.6 is 0 Å². The second-order valence-corrected chi connectivity index (χ2v) is 6.93. The van der Waals surface area contributed by atoms with Gasteiger partial charge in [0.1, 0.15) is 0 Å². The molecule has 0 saturated heterocycles. The van der Waals surface area contributed by atoms with Gasteiger partial charge in [-0.3, -0.25) is 4.79 Å². The van der Waals surface area contributed by atoms with Gasteiger partial charge in [-0.25, -0.2) is 0 Å². The van der Waals surface area contributed by atoms with Crippen molar-refractivity contribution in [2.75, 3.05) is 11.9 Å². The first-order chi connectivity index (χ1) is 14.5. The molecule has 0 N–H and O–H groups in total. The first kappa shape index (κ1) is 22.4. The summed E-state index contributed by atoms with van der Waals surface area (Å²) in [6.45, 7) is 0. The van der Waals surface area contributed by atoms with Gasteiger partial charge >= 0.3 is 12.4 Å². The predicted octanol–water partition coefficient (Wildman–Crippen LogP) is 6.60. The summed E-state index contributed by atoms with van der Waals surface area (Å²) in [6.07, 6.45) is -10.6. The molecule has 1 amide bonds. The van der Waals surface area contributed by atoms with Gasteiger partial charge in [0.25, 0.3) is 0 Å². The highest BCUT2D eigenvalue weighted by Gasteiger charge is 2.37. The predicted molar refractivity (Wildman–Crippen MR) is 105 cm³/mol. The maximum atomic E-state index is 13.1. The van der Waals surface area contributed by atoms with Crippen LogP contribution in [0.25, 0.3) is 11.1 Å². The Morgan fingerprint density at radius 2 is 1.29 bits per heavy atom. The van der Waals surface area contributed by atoms with Crippen LogP contribution in [-0.4, -0.2) is 13.0 Å². The maximum absolute atomic E-state index is 13.1. The molecule has 0 unspecified atom stereocenters. The summed E-state index contributed by atoms with van der Waals surface area (Å²) in [5.41, 5.74) is -1.25. The summed E-state index contributed by atoms with van der Waals surface area (Å²) in [4.78, 5) is 14.0. The molecule has 0 fully saturated rings. The van der Waals surface area contributed by atoms with Crippen LogP contribution in [0.3, 0.4) is 0 Å². The van der Waals surface area contributed by atoms with E-state index in [1.807, 2.05) is 30.3 Å². The van der Waals surface area contributed by atoms with Crippen molar-refractivity contribution in [1.29, 1.82) is 0 Å². The lowest BCUT2D eigenvalue weighted by atomic mass is 10.0. The van der Waals surface area contributed by atoms with Crippen LogP contribution < -0.4 is 4.90 Å². The topological polar surface area (TPSA) is 20.3 Å². The van der Waals surface area contributed by atoms with Gasteiger partial charge < -0.3 is 4.90 Å². The van der Waals surface area contributed by atoms with Gasteiger partial charge in [0.05, 0.1) is 23.2 Å². The van der Waals surface area contributed by atoms with Crippen LogP contribution in [-0.2, 0) is 23.6 Å². The molecule has 2 nitrogen and oxygen atoms in total. The number of amides is 1. The molecule has 31 heavy (non-hydrogen) atoms. The number of hydrogen-bond acceptors (Lipinski definition) is 1. The van der Waals surface area contributed by atoms with E-state index in [4.69, 9.17) is 0 Å². The van der Waals surface area contributed by atoms with Crippen LogP contribution in [0.2, 0.25) is 0 Å². The van der Waals surface area contributed by atoms with E-state index in [-0.39, 0.29) is 11.6 Å². The molecule has 8 heteroatoms. The van der Waals surface area contributed by atoms with Gasteiger partial charge in [0.2, 0.25) is 5.91 Å². The van der Waals surface area contributed by atoms with E-state index in [9.17, 15) is 31.1 Å². The molecule has 0 aromatic heterocycles. The van der Waals surface area contributed by atoms with Gasteiger partial charge in [0, 0.05) is 12.6 Å². The number of hydrogen-bond donors (Lipinski definition) is 0. The molecule has 0 aliphatic carbocycles. The molecule has 3 rings (SSSR count). The van der Waals surface area contributed by atoms with Crippen LogP contribution in [0, 0.1) is 0 Å². The largest absolute Gasteiger partial charge is 0.416 e. The fourth-order valence-corrected chi connectivity index (χ4v) is 3.18. The minimum Gasteiger partial charge on any atom is -0.315 e. The fraction of sp³-hybridized carbons (Fsp3) is 0.174. The van der Waals surface area contributed by atoms with Crippen molar-refractivity contribution in [3.63, 3.8) is 0 Å². The van der Waals surface area contributed by atoms with Crippen molar-refractivity contribution < 1.29 is 31.1 Å². The van der Waals surface area contributed by atoms with Crippen molar-refractivity contribution in [3.05, 3.63) is 89.5 Å². The highest BCUT2D eigenvalue weighted by atomic mass is 19.4. The van der Waals surface area contributed by atoms with E-state index in [2.05, 4.69) is 0 Å². The summed E-state index contributed by atoms with van der Waals surface area (Å²) in [5, 5.41) is 0. The standard InChI is InChI=1S/C23H17F6NO/c1-30(20-10-6-5-9-19(20)16-7-3-2-4-8-16)21(31)13-15-11-17(22(24,25)26)14-18(12-15)23(27,28)29/h2-12,14H,13H2,1H3. The van der Waals surface area contributed by atoms with E-state index in [0.717, 1.165) is 5.56 Å². The Hall–Kier alpha value is -3.29. The number of halogens is 6. The lowest BCUT2D eigenvalue weighted by Gasteiger charge is -2.22.